The maximum Gasteiger partial charge on any atom is 0.186 e. The normalized spacial score (nSPS) is 11.1. The number of benzene rings is 2. The molecule has 1 nitrogen and oxygen atoms in total. The van der Waals surface area contributed by atoms with E-state index < -0.39 is 0 Å². The third kappa shape index (κ3) is 1.35. The second kappa shape index (κ2) is 3.33. The van der Waals surface area contributed by atoms with Gasteiger partial charge in [0.1, 0.15) is 0 Å². The van der Waals surface area contributed by atoms with E-state index in [0.29, 0.717) is 5.92 Å². The molecule has 1 heteroatoms. The molecule has 2 aromatic rings. The highest BCUT2D eigenvalue weighted by atomic mass is 16.3. The van der Waals surface area contributed by atoms with Gasteiger partial charge in [-0.2, -0.15) is 0 Å². The zero-order valence-corrected chi connectivity index (χ0v) is 8.45. The molecule has 14 heavy (non-hydrogen) atoms. The van der Waals surface area contributed by atoms with Crippen molar-refractivity contribution in [1.29, 1.82) is 0 Å². The van der Waals surface area contributed by atoms with Crippen LogP contribution in [-0.4, -0.2) is 0 Å². The zero-order valence-electron chi connectivity index (χ0n) is 8.45. The summed E-state index contributed by atoms with van der Waals surface area (Å²) in [6, 6.07) is 11.4. The fourth-order valence-corrected chi connectivity index (χ4v) is 1.80. The summed E-state index contributed by atoms with van der Waals surface area (Å²) in [6.45, 7) is 4.29. The summed E-state index contributed by atoms with van der Waals surface area (Å²) in [5.74, 6) is 0.575. The van der Waals surface area contributed by atoms with Crippen molar-refractivity contribution in [2.24, 2.45) is 0 Å². The van der Waals surface area contributed by atoms with E-state index in [1.807, 2.05) is 30.3 Å². The Labute approximate surface area is 84.0 Å². The highest BCUT2D eigenvalue weighted by Gasteiger charge is 2.07. The largest absolute Gasteiger partial charge is 0.289 e. The molecule has 0 amide bonds. The summed E-state index contributed by atoms with van der Waals surface area (Å²) in [6.07, 6.45) is 0. The standard InChI is InChI=1S/C13H13O/c1-9(2)10-7-8-13(14)12-6-4-3-5-11(10)12/h3-9H,1-2H3. The van der Waals surface area contributed by atoms with Crippen LogP contribution in [-0.2, 0) is 5.11 Å². The number of rotatable bonds is 1. The Hall–Kier alpha value is -1.50. The molecule has 0 unspecified atom stereocenters. The van der Waals surface area contributed by atoms with Crippen molar-refractivity contribution >= 4 is 10.8 Å². The van der Waals surface area contributed by atoms with Crippen LogP contribution in [0, 0.1) is 0 Å². The molecule has 0 N–H and O–H groups in total. The van der Waals surface area contributed by atoms with Crippen LogP contribution >= 0.6 is 0 Å². The van der Waals surface area contributed by atoms with Crippen molar-refractivity contribution < 1.29 is 5.11 Å². The van der Waals surface area contributed by atoms with Crippen LogP contribution in [0.4, 0.5) is 0 Å². The van der Waals surface area contributed by atoms with Gasteiger partial charge in [-0.1, -0.05) is 44.2 Å². The van der Waals surface area contributed by atoms with Gasteiger partial charge < -0.3 is 0 Å². The first-order valence-corrected chi connectivity index (χ1v) is 4.89. The Morgan fingerprint density at radius 1 is 0.929 bits per heavy atom. The SMILES string of the molecule is CC(C)c1ccc([O])c2ccccc12. The third-order valence-corrected chi connectivity index (χ3v) is 2.54. The van der Waals surface area contributed by atoms with E-state index in [9.17, 15) is 5.11 Å². The van der Waals surface area contributed by atoms with Crippen LogP contribution in [0.5, 0.6) is 5.75 Å². The Bertz CT molecular complexity index is 458. The van der Waals surface area contributed by atoms with Crippen LogP contribution in [0.15, 0.2) is 36.4 Å². The van der Waals surface area contributed by atoms with Gasteiger partial charge in [0.2, 0.25) is 0 Å². The maximum atomic E-state index is 11.6. The van der Waals surface area contributed by atoms with Crippen molar-refractivity contribution in [1.82, 2.24) is 0 Å². The van der Waals surface area contributed by atoms with Crippen LogP contribution in [0.2, 0.25) is 0 Å². The summed E-state index contributed by atoms with van der Waals surface area (Å²) in [5, 5.41) is 13.5. The van der Waals surface area contributed by atoms with Gasteiger partial charge in [-0.05, 0) is 22.9 Å². The van der Waals surface area contributed by atoms with E-state index in [4.69, 9.17) is 0 Å². The quantitative estimate of drug-likeness (QED) is 0.637. The lowest BCUT2D eigenvalue weighted by Gasteiger charge is -2.09. The minimum absolute atomic E-state index is 0.116. The van der Waals surface area contributed by atoms with Crippen molar-refractivity contribution in [3.63, 3.8) is 0 Å². The smallest absolute Gasteiger partial charge is 0.186 e. The van der Waals surface area contributed by atoms with E-state index in [1.165, 1.54) is 5.56 Å². The summed E-state index contributed by atoms with van der Waals surface area (Å²) in [5.41, 5.74) is 1.25. The van der Waals surface area contributed by atoms with E-state index in [0.717, 1.165) is 10.8 Å². The Morgan fingerprint density at radius 3 is 2.21 bits per heavy atom. The Balaban J connectivity index is 2.82. The van der Waals surface area contributed by atoms with Crippen LogP contribution in [0.1, 0.15) is 25.3 Å². The van der Waals surface area contributed by atoms with Gasteiger partial charge in [0.05, 0.1) is 0 Å². The Kier molecular flexibility index (Phi) is 2.16. The lowest BCUT2D eigenvalue weighted by atomic mass is 9.96. The topological polar surface area (TPSA) is 19.9 Å². The minimum Gasteiger partial charge on any atom is -0.289 e. The van der Waals surface area contributed by atoms with Crippen molar-refractivity contribution in [2.75, 3.05) is 0 Å². The number of hydrogen-bond acceptors (Lipinski definition) is 0. The molecular weight excluding hydrogens is 172 g/mol. The lowest BCUT2D eigenvalue weighted by molar-refractivity contribution is 0.360. The van der Waals surface area contributed by atoms with Crippen molar-refractivity contribution in [3.05, 3.63) is 42.0 Å². The average molecular weight is 185 g/mol. The molecule has 2 rings (SSSR count). The molecule has 0 heterocycles. The van der Waals surface area contributed by atoms with Crippen LogP contribution in [0.3, 0.4) is 0 Å². The van der Waals surface area contributed by atoms with Gasteiger partial charge in [0.25, 0.3) is 0 Å². The second-order valence-corrected chi connectivity index (χ2v) is 3.85. The van der Waals surface area contributed by atoms with E-state index in [-0.39, 0.29) is 5.75 Å². The third-order valence-electron chi connectivity index (χ3n) is 2.54. The maximum absolute atomic E-state index is 11.6. The molecular formula is C13H13O. The fourth-order valence-electron chi connectivity index (χ4n) is 1.80. The molecule has 1 radical (unpaired) electrons. The molecule has 0 aliphatic rings. The summed E-state index contributed by atoms with van der Waals surface area (Å²) in [4.78, 5) is 0. The highest BCUT2D eigenvalue weighted by Crippen LogP contribution is 2.31. The van der Waals surface area contributed by atoms with Gasteiger partial charge in [0, 0.05) is 5.39 Å². The van der Waals surface area contributed by atoms with Gasteiger partial charge >= 0.3 is 0 Å². The molecule has 71 valence electrons. The monoisotopic (exact) mass is 185 g/mol. The summed E-state index contributed by atoms with van der Waals surface area (Å²) < 4.78 is 0. The molecule has 0 aliphatic heterocycles. The molecule has 0 aromatic heterocycles. The molecule has 0 bridgehead atoms. The predicted molar refractivity (Wildman–Crippen MR) is 58.2 cm³/mol. The van der Waals surface area contributed by atoms with E-state index in [2.05, 4.69) is 13.8 Å². The van der Waals surface area contributed by atoms with Crippen LogP contribution in [0.25, 0.3) is 10.8 Å². The summed E-state index contributed by atoms with van der Waals surface area (Å²) >= 11 is 0. The lowest BCUT2D eigenvalue weighted by Crippen LogP contribution is -1.88. The number of fused-ring (bicyclic) bond motifs is 1. The van der Waals surface area contributed by atoms with E-state index >= 15 is 0 Å². The van der Waals surface area contributed by atoms with Crippen LogP contribution < -0.4 is 0 Å². The molecule has 0 saturated heterocycles. The van der Waals surface area contributed by atoms with Crippen molar-refractivity contribution in [2.45, 2.75) is 19.8 Å². The predicted octanol–water partition coefficient (Wildman–Crippen LogP) is 4.11. The van der Waals surface area contributed by atoms with Crippen molar-refractivity contribution in [3.8, 4) is 5.75 Å². The minimum atomic E-state index is 0.116. The zero-order chi connectivity index (χ0) is 10.1. The second-order valence-electron chi connectivity index (χ2n) is 3.85. The molecule has 0 atom stereocenters. The average Bonchev–Trinajstić information content (AvgIpc) is 2.18. The highest BCUT2D eigenvalue weighted by molar-refractivity contribution is 5.91. The molecule has 0 aliphatic carbocycles. The Morgan fingerprint density at radius 2 is 1.57 bits per heavy atom. The van der Waals surface area contributed by atoms with Gasteiger partial charge in [0.15, 0.2) is 5.75 Å². The molecule has 2 aromatic carbocycles. The fraction of sp³-hybridized carbons (Fsp3) is 0.231. The first kappa shape index (κ1) is 9.07. The molecule has 0 spiro atoms. The van der Waals surface area contributed by atoms with E-state index in [1.54, 1.807) is 6.07 Å². The first-order chi connectivity index (χ1) is 6.70. The molecule has 0 saturated carbocycles. The first-order valence-electron chi connectivity index (χ1n) is 4.89. The van der Waals surface area contributed by atoms with Gasteiger partial charge in [-0.25, -0.2) is 0 Å². The van der Waals surface area contributed by atoms with Gasteiger partial charge in [-0.15, -0.1) is 0 Å². The van der Waals surface area contributed by atoms with Gasteiger partial charge in [-0.3, -0.25) is 5.11 Å². The summed E-state index contributed by atoms with van der Waals surface area (Å²) in [7, 11) is 0. The molecule has 0 fully saturated rings. The number of hydrogen-bond donors (Lipinski definition) is 0.